The number of allylic oxidation sites excluding steroid dienone is 6. The zero-order chi connectivity index (χ0) is 51.6. The molecule has 0 saturated carbocycles. The van der Waals surface area contributed by atoms with E-state index < -0.39 is 10.6 Å². The molecule has 1 aliphatic rings. The van der Waals surface area contributed by atoms with Crippen molar-refractivity contribution >= 4 is 228 Å². The van der Waals surface area contributed by atoms with E-state index in [-0.39, 0.29) is 5.41 Å². The Hall–Kier alpha value is -4.91. The molecule has 0 bridgehead atoms. The second-order valence-electron chi connectivity index (χ2n) is 22.7. The molecule has 324 valence electrons. The van der Waals surface area contributed by atoms with Crippen molar-refractivity contribution in [2.75, 3.05) is 0 Å². The summed E-state index contributed by atoms with van der Waals surface area (Å²) in [5.74, 6) is 3.94. The number of hydrogen-bond donors (Lipinski definition) is 1. The van der Waals surface area contributed by atoms with Crippen LogP contribution in [-0.4, -0.2) is 161 Å². The fourth-order valence-corrected chi connectivity index (χ4v) is 12.1. The van der Waals surface area contributed by atoms with Gasteiger partial charge in [0.25, 0.3) is 0 Å². The van der Waals surface area contributed by atoms with Crippen molar-refractivity contribution in [2.45, 2.75) is 43.2 Å². The van der Waals surface area contributed by atoms with Gasteiger partial charge in [-0.2, -0.15) is 0 Å². The first-order valence-corrected chi connectivity index (χ1v) is 25.2. The van der Waals surface area contributed by atoms with Gasteiger partial charge in [0.1, 0.15) is 31.4 Å². The Bertz CT molecular complexity index is 3760. The third-order valence-corrected chi connectivity index (χ3v) is 17.8. The fraction of sp³-hybridized carbons (Fsp3) is 0.143. The summed E-state index contributed by atoms with van der Waals surface area (Å²) in [4.78, 5) is 5.15. The summed E-state index contributed by atoms with van der Waals surface area (Å²) in [5, 5.41) is 17.0. The van der Waals surface area contributed by atoms with Crippen molar-refractivity contribution in [3.63, 3.8) is 0 Å². The molecule has 70 heavy (non-hydrogen) atoms. The molecule has 0 unspecified atom stereocenters. The van der Waals surface area contributed by atoms with Crippen LogP contribution in [0.1, 0.15) is 43.3 Å². The van der Waals surface area contributed by atoms with Gasteiger partial charge in [0, 0.05) is 0 Å². The number of nitrogens with zero attached hydrogens (tertiary/aromatic N) is 2. The number of rotatable bonds is 7. The maximum absolute atomic E-state index is 11.5. The number of imidazole rings is 1. The van der Waals surface area contributed by atoms with Gasteiger partial charge in [0.15, 0.2) is 0 Å². The first-order chi connectivity index (χ1) is 32.6. The molecule has 3 nitrogen and oxygen atoms in total. The Kier molecular flexibility index (Phi) is 13.2. The molecular formula is C49H58B18N2O. The van der Waals surface area contributed by atoms with Gasteiger partial charge in [-0.05, 0) is 11.5 Å². The van der Waals surface area contributed by atoms with Gasteiger partial charge in [-0.15, -0.1) is 0 Å². The monoisotopic (exact) mass is 889 g/mol. The molecule has 21 heteroatoms. The zero-order valence-electron chi connectivity index (χ0n) is 46.1. The summed E-state index contributed by atoms with van der Waals surface area (Å²) in [5.41, 5.74) is 28.5. The normalized spacial score (nSPS) is 16.0. The third-order valence-electron chi connectivity index (χ3n) is 17.8. The molecule has 1 heterocycles. The molecule has 0 aliphatic heterocycles. The van der Waals surface area contributed by atoms with Crippen LogP contribution in [0, 0.1) is 17.5 Å². The maximum atomic E-state index is 11.5. The summed E-state index contributed by atoms with van der Waals surface area (Å²) < 4.78 is 2.23. The van der Waals surface area contributed by atoms with E-state index in [0.29, 0.717) is 0 Å². The van der Waals surface area contributed by atoms with Gasteiger partial charge in [0.05, 0.1) is 0 Å². The molecule has 0 radical (unpaired) electrons. The van der Waals surface area contributed by atoms with Crippen LogP contribution in [0.5, 0.6) is 0 Å². The van der Waals surface area contributed by atoms with E-state index in [9.17, 15) is 5.11 Å². The number of hydrogen-bond acceptors (Lipinski definition) is 2. The number of fused-ring (bicyclic) bond motifs is 4. The molecule has 0 atom stereocenters. The average molecular weight is 886 g/mol. The van der Waals surface area contributed by atoms with Crippen LogP contribution in [0.15, 0.2) is 88.1 Å². The van der Waals surface area contributed by atoms with Gasteiger partial charge in [-0.1, -0.05) is 12.1 Å². The standard InChI is InChI=1S/C49H58B18N2O/c1-5-23(51)29-31-34(41(59)45(63)44(62)39(31)57)47(3,4)33(29)24(52)16-22-28-30(38(56)43(61)42(60)37(28)55)27(32(36(22)54)40(58)35(53)17(2)50)20-11-10-19-15-21(13-12-18(19)14-20)69-26-9-7-6-8-25(26)68-46(69)48(64,65)49(66,67)70/h1,6-15,54,70H,16,50-53,55-67H2,2-4H3/b29-23+,33-24-,35-17-,40-32+. The Labute approximate surface area is 433 Å². The van der Waals surface area contributed by atoms with E-state index in [2.05, 4.69) is 204 Å². The number of para-hydroxylation sites is 2. The number of terminal acetylenes is 1. The van der Waals surface area contributed by atoms with Gasteiger partial charge < -0.3 is 5.11 Å². The van der Waals surface area contributed by atoms with Gasteiger partial charge in [-0.3, -0.25) is 0 Å². The first kappa shape index (κ1) is 51.4. The summed E-state index contributed by atoms with van der Waals surface area (Å²) in [6.07, 6.45) is 7.11. The summed E-state index contributed by atoms with van der Waals surface area (Å²) in [7, 11) is 42.7. The predicted molar refractivity (Wildman–Crippen MR) is 358 cm³/mol. The summed E-state index contributed by atoms with van der Waals surface area (Å²) in [6.45, 7) is 7.05. The van der Waals surface area contributed by atoms with Crippen LogP contribution >= 0.6 is 0 Å². The Morgan fingerprint density at radius 2 is 1.31 bits per heavy atom. The Balaban J connectivity index is 1.45. The van der Waals surface area contributed by atoms with E-state index in [0.717, 1.165) is 50.3 Å². The summed E-state index contributed by atoms with van der Waals surface area (Å²) in [6, 6.07) is 22.0. The second-order valence-corrected chi connectivity index (χ2v) is 22.7. The summed E-state index contributed by atoms with van der Waals surface area (Å²) >= 11 is 0. The predicted octanol–water partition coefficient (Wildman–Crippen LogP) is -13.8. The molecule has 0 amide bonds. The molecule has 1 aromatic heterocycles. The minimum absolute atomic E-state index is 0.263. The first-order valence-electron chi connectivity index (χ1n) is 25.2. The molecule has 1 N–H and O–H groups in total. The molecule has 1 aliphatic carbocycles. The van der Waals surface area contributed by atoms with E-state index in [1.54, 1.807) is 0 Å². The molecule has 0 fully saturated rings. The molecule has 6 aromatic carbocycles. The van der Waals surface area contributed by atoms with Crippen molar-refractivity contribution in [1.82, 2.24) is 9.55 Å². The number of aliphatic hydroxyl groups is 1. The van der Waals surface area contributed by atoms with Crippen LogP contribution in [0.2, 0.25) is 0 Å². The average Bonchev–Trinajstić information content (AvgIpc) is 3.83. The van der Waals surface area contributed by atoms with Crippen LogP contribution in [-0.2, 0) is 17.0 Å². The van der Waals surface area contributed by atoms with E-state index in [1.165, 1.54) is 121 Å². The molecule has 7 aromatic rings. The van der Waals surface area contributed by atoms with Crippen LogP contribution < -0.4 is 48.9 Å². The number of benzene rings is 6. The van der Waals surface area contributed by atoms with Crippen LogP contribution in [0.25, 0.3) is 60.4 Å². The van der Waals surface area contributed by atoms with Crippen LogP contribution in [0.3, 0.4) is 0 Å². The minimum atomic E-state index is -1.01. The van der Waals surface area contributed by atoms with Crippen molar-refractivity contribution < 1.29 is 5.11 Å². The Morgan fingerprint density at radius 1 is 0.743 bits per heavy atom. The van der Waals surface area contributed by atoms with Crippen molar-refractivity contribution in [3.8, 4) is 29.2 Å². The molecule has 0 spiro atoms. The van der Waals surface area contributed by atoms with Crippen LogP contribution in [0.4, 0.5) is 0 Å². The molecule has 0 saturated heterocycles. The Morgan fingerprint density at radius 3 is 1.93 bits per heavy atom. The van der Waals surface area contributed by atoms with E-state index in [4.69, 9.17) is 18.9 Å². The van der Waals surface area contributed by atoms with Crippen molar-refractivity contribution in [1.29, 1.82) is 0 Å². The van der Waals surface area contributed by atoms with Gasteiger partial charge in [0.2, 0.25) is 0 Å². The molecular weight excluding hydrogens is 827 g/mol. The van der Waals surface area contributed by atoms with Gasteiger partial charge in [-0.25, -0.2) is 0 Å². The fourth-order valence-electron chi connectivity index (χ4n) is 12.1. The topological polar surface area (TPSA) is 38.0 Å². The van der Waals surface area contributed by atoms with E-state index in [1.807, 2.05) is 21.8 Å². The van der Waals surface area contributed by atoms with Crippen molar-refractivity contribution in [3.05, 3.63) is 121 Å². The SMILES string of the molecule is B=c1c(C/C(B)=C2\C(=C(\B)C#C)c3c(B)c(B)c(B)c(B)c3C2(C)C)c2c(B)c(B)c(B)c(B)c2c(-c2ccc3cc(-n4c(C(B)(B)C(B)(B)O)nc5ccccc54)ccc3c2)/c1=C(B)/C(B)=C(/B)C. The van der Waals surface area contributed by atoms with E-state index >= 15 is 0 Å². The zero-order valence-corrected chi connectivity index (χ0v) is 46.1. The third kappa shape index (κ3) is 7.76. The quantitative estimate of drug-likeness (QED) is 0.128. The second kappa shape index (κ2) is 18.0. The van der Waals surface area contributed by atoms with Crippen molar-refractivity contribution in [2.24, 2.45) is 0 Å². The van der Waals surface area contributed by atoms with Gasteiger partial charge >= 0.3 is 376 Å². The molecule has 8 rings (SSSR count). The number of aromatic nitrogens is 2.